The standard InChI is InChI=1S/C21H28N2O4/c1-5-26-19-11-8-17(14-20(19)25-4)21(24)22-15-16-6-9-18(10-7-16)27-13-12-23(2)3/h6-11,14H,5,12-13,15H2,1-4H3,(H,22,24). The van der Waals surface area contributed by atoms with Gasteiger partial charge in [-0.25, -0.2) is 0 Å². The SMILES string of the molecule is CCOc1ccc(C(=O)NCc2ccc(OCCN(C)C)cc2)cc1OC. The van der Waals surface area contributed by atoms with Gasteiger partial charge in [-0.2, -0.15) is 0 Å². The van der Waals surface area contributed by atoms with E-state index >= 15 is 0 Å². The van der Waals surface area contributed by atoms with Gasteiger partial charge in [-0.1, -0.05) is 12.1 Å². The molecule has 6 heteroatoms. The molecule has 0 heterocycles. The van der Waals surface area contributed by atoms with E-state index in [1.54, 1.807) is 25.3 Å². The number of likely N-dealkylation sites (N-methyl/N-ethyl adjacent to an activating group) is 1. The normalized spacial score (nSPS) is 10.6. The van der Waals surface area contributed by atoms with Gasteiger partial charge in [0.2, 0.25) is 0 Å². The average molecular weight is 372 g/mol. The van der Waals surface area contributed by atoms with Gasteiger partial charge in [-0.05, 0) is 56.9 Å². The smallest absolute Gasteiger partial charge is 0.251 e. The van der Waals surface area contributed by atoms with Crippen molar-refractivity contribution in [3.05, 3.63) is 53.6 Å². The first-order valence-electron chi connectivity index (χ1n) is 8.99. The Morgan fingerprint density at radius 2 is 1.78 bits per heavy atom. The molecule has 146 valence electrons. The number of amides is 1. The second-order valence-electron chi connectivity index (χ2n) is 6.28. The van der Waals surface area contributed by atoms with Crippen LogP contribution in [0, 0.1) is 0 Å². The van der Waals surface area contributed by atoms with Crippen molar-refractivity contribution in [1.82, 2.24) is 10.2 Å². The summed E-state index contributed by atoms with van der Waals surface area (Å²) in [6, 6.07) is 12.9. The van der Waals surface area contributed by atoms with E-state index in [-0.39, 0.29) is 5.91 Å². The molecule has 0 atom stereocenters. The van der Waals surface area contributed by atoms with E-state index in [0.717, 1.165) is 17.9 Å². The van der Waals surface area contributed by atoms with Crippen molar-refractivity contribution in [3.8, 4) is 17.2 Å². The van der Waals surface area contributed by atoms with Crippen LogP contribution in [0.4, 0.5) is 0 Å². The van der Waals surface area contributed by atoms with Crippen molar-refractivity contribution in [2.24, 2.45) is 0 Å². The van der Waals surface area contributed by atoms with Crippen molar-refractivity contribution >= 4 is 5.91 Å². The Balaban J connectivity index is 1.89. The highest BCUT2D eigenvalue weighted by Crippen LogP contribution is 2.28. The Hall–Kier alpha value is -2.73. The first kappa shape index (κ1) is 20.6. The minimum Gasteiger partial charge on any atom is -0.493 e. The van der Waals surface area contributed by atoms with Gasteiger partial charge in [0.15, 0.2) is 11.5 Å². The van der Waals surface area contributed by atoms with Crippen LogP contribution in [0.15, 0.2) is 42.5 Å². The number of hydrogen-bond acceptors (Lipinski definition) is 5. The summed E-state index contributed by atoms with van der Waals surface area (Å²) in [5.74, 6) is 1.83. The Morgan fingerprint density at radius 1 is 1.04 bits per heavy atom. The summed E-state index contributed by atoms with van der Waals surface area (Å²) in [5.41, 5.74) is 1.53. The molecule has 0 aliphatic rings. The maximum absolute atomic E-state index is 12.4. The third kappa shape index (κ3) is 6.49. The predicted molar refractivity (Wildman–Crippen MR) is 106 cm³/mol. The van der Waals surface area contributed by atoms with E-state index in [1.807, 2.05) is 45.3 Å². The third-order valence-corrected chi connectivity index (χ3v) is 3.91. The molecule has 0 aromatic heterocycles. The number of nitrogens with zero attached hydrogens (tertiary/aromatic N) is 1. The van der Waals surface area contributed by atoms with Crippen LogP contribution < -0.4 is 19.5 Å². The van der Waals surface area contributed by atoms with E-state index < -0.39 is 0 Å². The van der Waals surface area contributed by atoms with Gasteiger partial charge < -0.3 is 24.4 Å². The lowest BCUT2D eigenvalue weighted by Crippen LogP contribution is -2.22. The summed E-state index contributed by atoms with van der Waals surface area (Å²) >= 11 is 0. The molecule has 0 spiro atoms. The van der Waals surface area contributed by atoms with Gasteiger partial charge in [0, 0.05) is 18.7 Å². The highest BCUT2D eigenvalue weighted by atomic mass is 16.5. The number of rotatable bonds is 10. The molecule has 0 aliphatic heterocycles. The van der Waals surface area contributed by atoms with Gasteiger partial charge in [0.05, 0.1) is 13.7 Å². The van der Waals surface area contributed by atoms with Crippen LogP contribution >= 0.6 is 0 Å². The van der Waals surface area contributed by atoms with Gasteiger partial charge in [0.1, 0.15) is 12.4 Å². The molecule has 6 nitrogen and oxygen atoms in total. The molecule has 27 heavy (non-hydrogen) atoms. The van der Waals surface area contributed by atoms with Crippen LogP contribution in [0.3, 0.4) is 0 Å². The zero-order chi connectivity index (χ0) is 19.6. The Bertz CT molecular complexity index is 729. The molecule has 0 aliphatic carbocycles. The summed E-state index contributed by atoms with van der Waals surface area (Å²) in [6.07, 6.45) is 0. The van der Waals surface area contributed by atoms with Gasteiger partial charge in [0.25, 0.3) is 5.91 Å². The number of nitrogens with one attached hydrogen (secondary N) is 1. The molecule has 2 aromatic carbocycles. The molecule has 0 saturated heterocycles. The van der Waals surface area contributed by atoms with Crippen LogP contribution in [-0.2, 0) is 6.54 Å². The number of carbonyl (C=O) groups excluding carboxylic acids is 1. The topological polar surface area (TPSA) is 60.0 Å². The molecule has 0 fully saturated rings. The number of methoxy groups -OCH3 is 1. The van der Waals surface area contributed by atoms with Crippen molar-refractivity contribution in [2.75, 3.05) is 41.0 Å². The Kier molecular flexibility index (Phi) is 7.95. The van der Waals surface area contributed by atoms with E-state index in [2.05, 4.69) is 10.2 Å². The minimum atomic E-state index is -0.164. The van der Waals surface area contributed by atoms with Crippen LogP contribution in [0.5, 0.6) is 17.2 Å². The summed E-state index contributed by atoms with van der Waals surface area (Å²) in [7, 11) is 5.58. The fourth-order valence-corrected chi connectivity index (χ4v) is 2.42. The molecule has 2 rings (SSSR count). The fourth-order valence-electron chi connectivity index (χ4n) is 2.42. The summed E-state index contributed by atoms with van der Waals surface area (Å²) in [6.45, 7) is 4.38. The zero-order valence-corrected chi connectivity index (χ0v) is 16.5. The van der Waals surface area contributed by atoms with Crippen molar-refractivity contribution < 1.29 is 19.0 Å². The van der Waals surface area contributed by atoms with Crippen molar-refractivity contribution in [3.63, 3.8) is 0 Å². The zero-order valence-electron chi connectivity index (χ0n) is 16.5. The van der Waals surface area contributed by atoms with Crippen LogP contribution in [0.2, 0.25) is 0 Å². The second kappa shape index (κ2) is 10.4. The van der Waals surface area contributed by atoms with Crippen LogP contribution in [0.25, 0.3) is 0 Å². The van der Waals surface area contributed by atoms with Crippen molar-refractivity contribution in [2.45, 2.75) is 13.5 Å². The molecule has 0 unspecified atom stereocenters. The molecular weight excluding hydrogens is 344 g/mol. The summed E-state index contributed by atoms with van der Waals surface area (Å²) in [4.78, 5) is 14.5. The first-order chi connectivity index (χ1) is 13.0. The lowest BCUT2D eigenvalue weighted by Gasteiger charge is -2.12. The highest BCUT2D eigenvalue weighted by Gasteiger charge is 2.11. The van der Waals surface area contributed by atoms with Crippen LogP contribution in [0.1, 0.15) is 22.8 Å². The first-order valence-corrected chi connectivity index (χ1v) is 8.99. The number of carbonyl (C=O) groups is 1. The fraction of sp³-hybridized carbons (Fsp3) is 0.381. The largest absolute Gasteiger partial charge is 0.493 e. The number of benzene rings is 2. The number of ether oxygens (including phenoxy) is 3. The molecule has 2 aromatic rings. The third-order valence-electron chi connectivity index (χ3n) is 3.91. The summed E-state index contributed by atoms with van der Waals surface area (Å²) in [5, 5.41) is 2.91. The second-order valence-corrected chi connectivity index (χ2v) is 6.28. The van der Waals surface area contributed by atoms with Gasteiger partial charge in [-0.3, -0.25) is 4.79 Å². The van der Waals surface area contributed by atoms with Gasteiger partial charge >= 0.3 is 0 Å². The Morgan fingerprint density at radius 3 is 2.41 bits per heavy atom. The monoisotopic (exact) mass is 372 g/mol. The molecule has 0 radical (unpaired) electrons. The quantitative estimate of drug-likeness (QED) is 0.695. The predicted octanol–water partition coefficient (Wildman–Crippen LogP) is 2.96. The highest BCUT2D eigenvalue weighted by molar-refractivity contribution is 5.94. The molecule has 0 saturated carbocycles. The van der Waals surface area contributed by atoms with Crippen molar-refractivity contribution in [1.29, 1.82) is 0 Å². The minimum absolute atomic E-state index is 0.164. The van der Waals surface area contributed by atoms with E-state index in [1.165, 1.54) is 0 Å². The average Bonchev–Trinajstić information content (AvgIpc) is 2.67. The molecule has 0 bridgehead atoms. The summed E-state index contributed by atoms with van der Waals surface area (Å²) < 4.78 is 16.4. The lowest BCUT2D eigenvalue weighted by atomic mass is 10.1. The van der Waals surface area contributed by atoms with E-state index in [0.29, 0.717) is 36.8 Å². The molecular formula is C21H28N2O4. The number of hydrogen-bond donors (Lipinski definition) is 1. The maximum Gasteiger partial charge on any atom is 0.251 e. The molecule has 1 amide bonds. The van der Waals surface area contributed by atoms with E-state index in [9.17, 15) is 4.79 Å². The van der Waals surface area contributed by atoms with Crippen LogP contribution in [-0.4, -0.2) is 51.8 Å². The maximum atomic E-state index is 12.4. The lowest BCUT2D eigenvalue weighted by molar-refractivity contribution is 0.0950. The Labute approximate surface area is 161 Å². The molecule has 1 N–H and O–H groups in total. The van der Waals surface area contributed by atoms with Gasteiger partial charge in [-0.15, -0.1) is 0 Å². The van der Waals surface area contributed by atoms with E-state index in [4.69, 9.17) is 14.2 Å².